The number of nitrogens with one attached hydrogen (secondary N) is 2. The summed E-state index contributed by atoms with van der Waals surface area (Å²) in [5, 5.41) is 5.43. The van der Waals surface area contributed by atoms with Crippen LogP contribution in [0.2, 0.25) is 0 Å². The molecule has 0 radical (unpaired) electrons. The molecule has 2 rings (SSSR count). The number of carbonyl (C=O) groups excluding carboxylic acids is 2. The van der Waals surface area contributed by atoms with Gasteiger partial charge >= 0.3 is 0 Å². The summed E-state index contributed by atoms with van der Waals surface area (Å²) in [7, 11) is 1.65. The average molecular weight is 276 g/mol. The summed E-state index contributed by atoms with van der Waals surface area (Å²) in [5.74, 6) is -0.0492. The molecule has 5 nitrogen and oxygen atoms in total. The molecule has 0 unspecified atom stereocenters. The van der Waals surface area contributed by atoms with Gasteiger partial charge in [-0.2, -0.15) is 0 Å². The van der Waals surface area contributed by atoms with Gasteiger partial charge in [-0.3, -0.25) is 9.59 Å². The van der Waals surface area contributed by atoms with E-state index in [2.05, 4.69) is 10.6 Å². The Balaban J connectivity index is 1.71. The van der Waals surface area contributed by atoms with Crippen molar-refractivity contribution in [1.82, 2.24) is 10.6 Å². The maximum Gasteiger partial charge on any atom is 0.239 e. The lowest BCUT2D eigenvalue weighted by atomic mass is 10.1. The van der Waals surface area contributed by atoms with E-state index in [0.29, 0.717) is 13.2 Å². The van der Waals surface area contributed by atoms with Crippen molar-refractivity contribution >= 4 is 11.8 Å². The van der Waals surface area contributed by atoms with Gasteiger partial charge in [0.25, 0.3) is 0 Å². The van der Waals surface area contributed by atoms with Crippen LogP contribution in [0, 0.1) is 5.92 Å². The van der Waals surface area contributed by atoms with Crippen molar-refractivity contribution in [2.24, 2.45) is 5.92 Å². The minimum absolute atomic E-state index is 0.0118. The zero-order valence-electron chi connectivity index (χ0n) is 11.6. The molecule has 0 bridgehead atoms. The molecule has 0 atom stereocenters. The van der Waals surface area contributed by atoms with E-state index in [4.69, 9.17) is 4.74 Å². The number of hydrogen-bond acceptors (Lipinski definition) is 3. The molecule has 0 aliphatic heterocycles. The lowest BCUT2D eigenvalue weighted by molar-refractivity contribution is -0.126. The Bertz CT molecular complexity index is 484. The molecule has 2 N–H and O–H groups in total. The summed E-state index contributed by atoms with van der Waals surface area (Å²) in [6.07, 6.45) is 1.89. The van der Waals surface area contributed by atoms with E-state index < -0.39 is 0 Å². The molecular weight excluding hydrogens is 256 g/mol. The first kappa shape index (κ1) is 14.5. The molecule has 5 heteroatoms. The normalized spacial score (nSPS) is 13.8. The Kier molecular flexibility index (Phi) is 5.12. The number of benzene rings is 1. The van der Waals surface area contributed by atoms with Crippen molar-refractivity contribution < 1.29 is 14.3 Å². The Morgan fingerprint density at radius 1 is 1.25 bits per heavy atom. The van der Waals surface area contributed by atoms with Gasteiger partial charge in [0, 0.05) is 19.6 Å². The predicted octanol–water partition coefficient (Wildman–Crippen LogP) is 0.975. The van der Waals surface area contributed by atoms with Crippen LogP contribution in [-0.2, 0) is 27.5 Å². The summed E-state index contributed by atoms with van der Waals surface area (Å²) in [6, 6.07) is 7.85. The molecule has 1 aromatic rings. The highest BCUT2D eigenvalue weighted by atomic mass is 16.5. The number of methoxy groups -OCH3 is 1. The van der Waals surface area contributed by atoms with Crippen molar-refractivity contribution in [2.45, 2.75) is 26.0 Å². The maximum absolute atomic E-state index is 11.6. The molecular formula is C15H20N2O3. The lowest BCUT2D eigenvalue weighted by Crippen LogP contribution is -2.37. The van der Waals surface area contributed by atoms with E-state index >= 15 is 0 Å². The Morgan fingerprint density at radius 3 is 2.70 bits per heavy atom. The first-order valence-corrected chi connectivity index (χ1v) is 6.80. The molecule has 0 heterocycles. The van der Waals surface area contributed by atoms with E-state index in [9.17, 15) is 9.59 Å². The second-order valence-electron chi connectivity index (χ2n) is 5.02. The highest BCUT2D eigenvalue weighted by Crippen LogP contribution is 2.28. The fourth-order valence-corrected chi connectivity index (χ4v) is 1.92. The highest BCUT2D eigenvalue weighted by molar-refractivity contribution is 5.86. The van der Waals surface area contributed by atoms with Crippen molar-refractivity contribution in [2.75, 3.05) is 13.7 Å². The highest BCUT2D eigenvalue weighted by Gasteiger charge is 2.29. The Labute approximate surface area is 118 Å². The monoisotopic (exact) mass is 276 g/mol. The van der Waals surface area contributed by atoms with Gasteiger partial charge in [-0.15, -0.1) is 0 Å². The molecule has 0 spiro atoms. The van der Waals surface area contributed by atoms with Gasteiger partial charge in [-0.05, 0) is 24.0 Å². The van der Waals surface area contributed by atoms with E-state index in [0.717, 1.165) is 24.0 Å². The van der Waals surface area contributed by atoms with Crippen LogP contribution < -0.4 is 10.6 Å². The van der Waals surface area contributed by atoms with Crippen LogP contribution >= 0.6 is 0 Å². The first-order valence-electron chi connectivity index (χ1n) is 6.80. The third-order valence-electron chi connectivity index (χ3n) is 3.16. The molecule has 0 aromatic heterocycles. The standard InChI is InChI=1S/C15H20N2O3/c1-20-10-12-4-2-3-11(7-12)8-16-14(18)9-17-15(19)13-5-6-13/h2-4,7,13H,5-6,8-10H2,1H3,(H,16,18)(H,17,19). The second-order valence-corrected chi connectivity index (χ2v) is 5.02. The van der Waals surface area contributed by atoms with Crippen LogP contribution in [-0.4, -0.2) is 25.5 Å². The van der Waals surface area contributed by atoms with Gasteiger partial charge in [0.1, 0.15) is 0 Å². The summed E-state index contributed by atoms with van der Waals surface area (Å²) in [5.41, 5.74) is 2.09. The Hall–Kier alpha value is -1.88. The van der Waals surface area contributed by atoms with Crippen molar-refractivity contribution in [3.05, 3.63) is 35.4 Å². The minimum atomic E-state index is -0.170. The number of rotatable bonds is 7. The fourth-order valence-electron chi connectivity index (χ4n) is 1.92. The molecule has 0 saturated heterocycles. The number of amides is 2. The third-order valence-corrected chi connectivity index (χ3v) is 3.16. The number of carbonyl (C=O) groups is 2. The predicted molar refractivity (Wildman–Crippen MR) is 74.7 cm³/mol. The third kappa shape index (κ3) is 4.66. The van der Waals surface area contributed by atoms with Crippen molar-refractivity contribution in [3.63, 3.8) is 0 Å². The molecule has 108 valence electrons. The quantitative estimate of drug-likeness (QED) is 0.780. The van der Waals surface area contributed by atoms with Crippen LogP contribution in [0.15, 0.2) is 24.3 Å². The van der Waals surface area contributed by atoms with Crippen LogP contribution in [0.25, 0.3) is 0 Å². The lowest BCUT2D eigenvalue weighted by Gasteiger charge is -2.08. The minimum Gasteiger partial charge on any atom is -0.380 e. The number of hydrogen-bond donors (Lipinski definition) is 2. The second kappa shape index (κ2) is 7.05. The topological polar surface area (TPSA) is 67.4 Å². The van der Waals surface area contributed by atoms with Crippen molar-refractivity contribution in [3.8, 4) is 0 Å². The smallest absolute Gasteiger partial charge is 0.239 e. The van der Waals surface area contributed by atoms with Crippen LogP contribution in [0.5, 0.6) is 0 Å². The van der Waals surface area contributed by atoms with Gasteiger partial charge in [-0.25, -0.2) is 0 Å². The fraction of sp³-hybridized carbons (Fsp3) is 0.467. The molecule has 1 aliphatic rings. The SMILES string of the molecule is COCc1cccc(CNC(=O)CNC(=O)C2CC2)c1. The van der Waals surface area contributed by atoms with Gasteiger partial charge in [0.05, 0.1) is 13.2 Å². The van der Waals surface area contributed by atoms with E-state index in [1.165, 1.54) is 0 Å². The van der Waals surface area contributed by atoms with Gasteiger partial charge in [0.15, 0.2) is 0 Å². The van der Waals surface area contributed by atoms with Crippen LogP contribution in [0.1, 0.15) is 24.0 Å². The largest absolute Gasteiger partial charge is 0.380 e. The molecule has 1 saturated carbocycles. The first-order chi connectivity index (χ1) is 9.69. The van der Waals surface area contributed by atoms with Gasteiger partial charge in [-0.1, -0.05) is 24.3 Å². The zero-order chi connectivity index (χ0) is 14.4. The van der Waals surface area contributed by atoms with Gasteiger partial charge in [0.2, 0.25) is 11.8 Å². The number of ether oxygens (including phenoxy) is 1. The van der Waals surface area contributed by atoms with Crippen molar-refractivity contribution in [1.29, 1.82) is 0 Å². The molecule has 1 aliphatic carbocycles. The summed E-state index contributed by atoms with van der Waals surface area (Å²) >= 11 is 0. The van der Waals surface area contributed by atoms with E-state index in [-0.39, 0.29) is 24.3 Å². The van der Waals surface area contributed by atoms with E-state index in [1.54, 1.807) is 7.11 Å². The van der Waals surface area contributed by atoms with E-state index in [1.807, 2.05) is 24.3 Å². The van der Waals surface area contributed by atoms with Gasteiger partial charge < -0.3 is 15.4 Å². The zero-order valence-corrected chi connectivity index (χ0v) is 11.6. The molecule has 20 heavy (non-hydrogen) atoms. The molecule has 1 aromatic carbocycles. The maximum atomic E-state index is 11.6. The summed E-state index contributed by atoms with van der Waals surface area (Å²) < 4.78 is 5.07. The Morgan fingerprint density at radius 2 is 2.00 bits per heavy atom. The summed E-state index contributed by atoms with van der Waals surface area (Å²) in [4.78, 5) is 23.0. The molecule has 1 fully saturated rings. The van der Waals surface area contributed by atoms with Crippen LogP contribution in [0.4, 0.5) is 0 Å². The van der Waals surface area contributed by atoms with Crippen LogP contribution in [0.3, 0.4) is 0 Å². The summed E-state index contributed by atoms with van der Waals surface area (Å²) in [6.45, 7) is 1.06. The molecule has 2 amide bonds. The average Bonchev–Trinajstić information content (AvgIpc) is 3.28.